The lowest BCUT2D eigenvalue weighted by molar-refractivity contribution is 0.0703. The van der Waals surface area contributed by atoms with Crippen LogP contribution in [-0.2, 0) is 0 Å². The van der Waals surface area contributed by atoms with Crippen LogP contribution < -0.4 is 0 Å². The topological polar surface area (TPSA) is 33.5 Å². The normalized spacial score (nSPS) is 25.1. The smallest absolute Gasteiger partial charge is 0.289 e. The summed E-state index contributed by atoms with van der Waals surface area (Å²) in [5.74, 6) is 2.10. The Morgan fingerprint density at radius 1 is 1.62 bits per heavy atom. The Bertz CT molecular complexity index is 388. The van der Waals surface area contributed by atoms with Crippen LogP contribution in [0.15, 0.2) is 16.5 Å². The zero-order valence-electron chi connectivity index (χ0n) is 9.57. The maximum absolute atomic E-state index is 12.1. The third-order valence-corrected chi connectivity index (χ3v) is 3.57. The second-order valence-corrected chi connectivity index (χ2v) is 4.71. The van der Waals surface area contributed by atoms with Crippen molar-refractivity contribution in [2.45, 2.75) is 26.3 Å². The van der Waals surface area contributed by atoms with Crippen molar-refractivity contribution < 1.29 is 9.21 Å². The number of hydrogen-bond acceptors (Lipinski definition) is 2. The number of carbonyl (C=O) groups is 1. The van der Waals surface area contributed by atoms with Gasteiger partial charge in [-0.1, -0.05) is 6.92 Å². The van der Waals surface area contributed by atoms with Crippen molar-refractivity contribution in [3.63, 3.8) is 0 Å². The fourth-order valence-corrected chi connectivity index (χ4v) is 2.66. The second kappa shape index (κ2) is 4.50. The summed E-state index contributed by atoms with van der Waals surface area (Å²) < 4.78 is 5.35. The van der Waals surface area contributed by atoms with Gasteiger partial charge in [-0.3, -0.25) is 4.79 Å². The lowest BCUT2D eigenvalue weighted by atomic mass is 10.1. The molecule has 2 rings (SSSR count). The first-order chi connectivity index (χ1) is 7.63. The highest BCUT2D eigenvalue weighted by Gasteiger charge is 2.35. The van der Waals surface area contributed by atoms with Crippen LogP contribution >= 0.6 is 11.6 Å². The standard InChI is InChI=1S/C12H16ClNO2/c1-8-5-6-14(10(8)7-13)12(15)11-4-3-9(2)16-11/h3-4,8,10H,5-7H2,1-2H3. The molecule has 3 nitrogen and oxygen atoms in total. The Labute approximate surface area is 100 Å². The minimum atomic E-state index is -0.0388. The third-order valence-electron chi connectivity index (χ3n) is 3.25. The monoisotopic (exact) mass is 241 g/mol. The molecule has 16 heavy (non-hydrogen) atoms. The van der Waals surface area contributed by atoms with Gasteiger partial charge in [0.2, 0.25) is 0 Å². The molecule has 0 saturated carbocycles. The van der Waals surface area contributed by atoms with Gasteiger partial charge >= 0.3 is 0 Å². The van der Waals surface area contributed by atoms with E-state index < -0.39 is 0 Å². The van der Waals surface area contributed by atoms with Crippen molar-refractivity contribution in [1.82, 2.24) is 4.90 Å². The van der Waals surface area contributed by atoms with E-state index >= 15 is 0 Å². The van der Waals surface area contributed by atoms with Crippen LogP contribution in [0.2, 0.25) is 0 Å². The molecule has 1 saturated heterocycles. The number of carbonyl (C=O) groups excluding carboxylic acids is 1. The van der Waals surface area contributed by atoms with E-state index in [9.17, 15) is 4.79 Å². The summed E-state index contributed by atoms with van der Waals surface area (Å²) in [4.78, 5) is 14.0. The van der Waals surface area contributed by atoms with Crippen molar-refractivity contribution in [1.29, 1.82) is 0 Å². The Hall–Kier alpha value is -0.960. The summed E-state index contributed by atoms with van der Waals surface area (Å²) in [5, 5.41) is 0. The van der Waals surface area contributed by atoms with Crippen LogP contribution in [0.4, 0.5) is 0 Å². The summed E-state index contributed by atoms with van der Waals surface area (Å²) in [6, 6.07) is 3.67. The molecule has 4 heteroatoms. The summed E-state index contributed by atoms with van der Waals surface area (Å²) in [5.41, 5.74) is 0. The Balaban J connectivity index is 2.16. The molecule has 0 aromatic carbocycles. The molecule has 1 aliphatic heterocycles. The number of halogens is 1. The number of alkyl halides is 1. The summed E-state index contributed by atoms with van der Waals surface area (Å²) in [6.07, 6.45) is 1.02. The maximum atomic E-state index is 12.1. The molecular weight excluding hydrogens is 226 g/mol. The van der Waals surface area contributed by atoms with Gasteiger partial charge in [-0.25, -0.2) is 0 Å². The molecule has 0 aliphatic carbocycles. The van der Waals surface area contributed by atoms with Gasteiger partial charge in [0.25, 0.3) is 5.91 Å². The SMILES string of the molecule is Cc1ccc(C(=O)N2CCC(C)C2CCl)o1. The summed E-state index contributed by atoms with van der Waals surface area (Å²) in [7, 11) is 0. The molecular formula is C12H16ClNO2. The van der Waals surface area contributed by atoms with Crippen LogP contribution in [0.3, 0.4) is 0 Å². The molecule has 1 amide bonds. The zero-order valence-corrected chi connectivity index (χ0v) is 10.3. The van der Waals surface area contributed by atoms with E-state index in [-0.39, 0.29) is 11.9 Å². The number of likely N-dealkylation sites (tertiary alicyclic amines) is 1. The number of aryl methyl sites for hydroxylation is 1. The number of nitrogens with zero attached hydrogens (tertiary/aromatic N) is 1. The highest BCUT2D eigenvalue weighted by atomic mass is 35.5. The van der Waals surface area contributed by atoms with Gasteiger partial charge in [-0.2, -0.15) is 0 Å². The van der Waals surface area contributed by atoms with Crippen molar-refractivity contribution >= 4 is 17.5 Å². The first kappa shape index (κ1) is 11.5. The van der Waals surface area contributed by atoms with Gasteiger partial charge in [0.1, 0.15) is 5.76 Å². The van der Waals surface area contributed by atoms with Crippen molar-refractivity contribution in [3.8, 4) is 0 Å². The van der Waals surface area contributed by atoms with Gasteiger partial charge in [0.15, 0.2) is 5.76 Å². The van der Waals surface area contributed by atoms with E-state index in [1.807, 2.05) is 17.9 Å². The van der Waals surface area contributed by atoms with E-state index in [0.717, 1.165) is 18.7 Å². The van der Waals surface area contributed by atoms with Gasteiger partial charge < -0.3 is 9.32 Å². The van der Waals surface area contributed by atoms with E-state index in [1.54, 1.807) is 6.07 Å². The summed E-state index contributed by atoms with van der Waals surface area (Å²) >= 11 is 5.91. The number of hydrogen-bond donors (Lipinski definition) is 0. The molecule has 1 aliphatic rings. The van der Waals surface area contributed by atoms with E-state index in [4.69, 9.17) is 16.0 Å². The van der Waals surface area contributed by atoms with Crippen molar-refractivity contribution in [3.05, 3.63) is 23.7 Å². The minimum Gasteiger partial charge on any atom is -0.456 e. The lowest BCUT2D eigenvalue weighted by Crippen LogP contribution is -2.38. The maximum Gasteiger partial charge on any atom is 0.289 e. The van der Waals surface area contributed by atoms with E-state index in [0.29, 0.717) is 17.6 Å². The van der Waals surface area contributed by atoms with Gasteiger partial charge in [-0.15, -0.1) is 11.6 Å². The Morgan fingerprint density at radius 3 is 2.94 bits per heavy atom. The average Bonchev–Trinajstić information content (AvgIpc) is 2.83. The molecule has 2 unspecified atom stereocenters. The number of furan rings is 1. The Kier molecular flexibility index (Phi) is 3.24. The van der Waals surface area contributed by atoms with Gasteiger partial charge in [0, 0.05) is 18.5 Å². The molecule has 0 spiro atoms. The van der Waals surface area contributed by atoms with Crippen LogP contribution in [0, 0.1) is 12.8 Å². The van der Waals surface area contributed by atoms with Crippen LogP contribution in [-0.4, -0.2) is 29.3 Å². The van der Waals surface area contributed by atoms with Crippen LogP contribution in [0.25, 0.3) is 0 Å². The zero-order chi connectivity index (χ0) is 11.7. The first-order valence-corrected chi connectivity index (χ1v) is 6.10. The number of amides is 1. The van der Waals surface area contributed by atoms with Crippen molar-refractivity contribution in [2.24, 2.45) is 5.92 Å². The molecule has 0 N–H and O–H groups in total. The molecule has 88 valence electrons. The number of rotatable bonds is 2. The highest BCUT2D eigenvalue weighted by molar-refractivity contribution is 6.18. The van der Waals surface area contributed by atoms with Crippen LogP contribution in [0.1, 0.15) is 29.7 Å². The highest BCUT2D eigenvalue weighted by Crippen LogP contribution is 2.26. The third kappa shape index (κ3) is 1.96. The fraction of sp³-hybridized carbons (Fsp3) is 0.583. The fourth-order valence-electron chi connectivity index (χ4n) is 2.19. The predicted octanol–water partition coefficient (Wildman–Crippen LogP) is 2.68. The largest absolute Gasteiger partial charge is 0.456 e. The summed E-state index contributed by atoms with van der Waals surface area (Å²) in [6.45, 7) is 4.74. The lowest BCUT2D eigenvalue weighted by Gasteiger charge is -2.24. The predicted molar refractivity (Wildman–Crippen MR) is 62.8 cm³/mol. The molecule has 1 fully saturated rings. The quantitative estimate of drug-likeness (QED) is 0.746. The van der Waals surface area contributed by atoms with E-state index in [1.165, 1.54) is 0 Å². The molecule has 0 bridgehead atoms. The van der Waals surface area contributed by atoms with Crippen LogP contribution in [0.5, 0.6) is 0 Å². The van der Waals surface area contributed by atoms with Gasteiger partial charge in [-0.05, 0) is 31.4 Å². The average molecular weight is 242 g/mol. The van der Waals surface area contributed by atoms with Crippen molar-refractivity contribution in [2.75, 3.05) is 12.4 Å². The molecule has 1 aromatic rings. The minimum absolute atomic E-state index is 0.0388. The van der Waals surface area contributed by atoms with Gasteiger partial charge in [0.05, 0.1) is 0 Å². The second-order valence-electron chi connectivity index (χ2n) is 4.40. The molecule has 0 radical (unpaired) electrons. The first-order valence-electron chi connectivity index (χ1n) is 5.57. The molecule has 1 aromatic heterocycles. The molecule has 2 heterocycles. The van der Waals surface area contributed by atoms with E-state index in [2.05, 4.69) is 6.92 Å². The molecule has 2 atom stereocenters. The Morgan fingerprint density at radius 2 is 2.38 bits per heavy atom.